The summed E-state index contributed by atoms with van der Waals surface area (Å²) in [6, 6.07) is 25.7. The molecule has 0 unspecified atom stereocenters. The van der Waals surface area contributed by atoms with Gasteiger partial charge in [0.25, 0.3) is 5.91 Å². The number of anilines is 1. The summed E-state index contributed by atoms with van der Waals surface area (Å²) >= 11 is 0. The molecule has 3 aromatic rings. The summed E-state index contributed by atoms with van der Waals surface area (Å²) in [7, 11) is 0. The Morgan fingerprint density at radius 3 is 2.21 bits per heavy atom. The molecule has 1 aliphatic rings. The fraction of sp³-hybridized carbons (Fsp3) is 0.323. The molecule has 7 nitrogen and oxygen atoms in total. The van der Waals surface area contributed by atoms with Crippen LogP contribution in [0.2, 0.25) is 0 Å². The summed E-state index contributed by atoms with van der Waals surface area (Å²) < 4.78 is 0. The van der Waals surface area contributed by atoms with Gasteiger partial charge in [0.1, 0.15) is 0 Å². The summed E-state index contributed by atoms with van der Waals surface area (Å²) in [5.41, 5.74) is 16.9. The quantitative estimate of drug-likeness (QED) is 0.188. The Morgan fingerprint density at radius 1 is 0.868 bits per heavy atom. The molecule has 3 N–H and O–H groups in total. The first kappa shape index (κ1) is 26.9. The van der Waals surface area contributed by atoms with Crippen molar-refractivity contribution in [2.45, 2.75) is 63.8 Å². The third-order valence-electron chi connectivity index (χ3n) is 7.15. The van der Waals surface area contributed by atoms with E-state index >= 15 is 0 Å². The summed E-state index contributed by atoms with van der Waals surface area (Å²) in [6.45, 7) is 0.398. The van der Waals surface area contributed by atoms with Gasteiger partial charge in [-0.25, -0.2) is 5.53 Å². The maximum absolute atomic E-state index is 13.5. The van der Waals surface area contributed by atoms with Crippen molar-refractivity contribution in [3.05, 3.63) is 101 Å². The Morgan fingerprint density at radius 2 is 1.55 bits per heavy atom. The van der Waals surface area contributed by atoms with Crippen molar-refractivity contribution in [3.8, 4) is 0 Å². The molecule has 3 aromatic carbocycles. The molecule has 38 heavy (non-hydrogen) atoms. The van der Waals surface area contributed by atoms with Gasteiger partial charge in [0, 0.05) is 17.7 Å². The molecule has 196 valence electrons. The molecule has 0 aliphatic heterocycles. The Labute approximate surface area is 224 Å². The number of benzene rings is 3. The van der Waals surface area contributed by atoms with Gasteiger partial charge in [-0.15, -0.1) is 5.11 Å². The Balaban J connectivity index is 1.49. The summed E-state index contributed by atoms with van der Waals surface area (Å²) in [6.07, 6.45) is 8.43. The number of rotatable bonds is 9. The third kappa shape index (κ3) is 7.44. The average molecular weight is 510 g/mol. The van der Waals surface area contributed by atoms with Crippen LogP contribution >= 0.6 is 0 Å². The summed E-state index contributed by atoms with van der Waals surface area (Å²) in [5.74, 6) is -0.265. The largest absolute Gasteiger partial charge is 0.366 e. The second-order valence-corrected chi connectivity index (χ2v) is 9.83. The molecule has 0 aromatic heterocycles. The molecule has 7 heteroatoms. The minimum atomic E-state index is -0.558. The predicted molar refractivity (Wildman–Crippen MR) is 150 cm³/mol. The van der Waals surface area contributed by atoms with Gasteiger partial charge in [-0.3, -0.25) is 9.59 Å². The molecular weight excluding hydrogens is 474 g/mol. The standard InChI is InChI=1S/C31H35N5O2/c32-31(35-33)34-30(38)27-16-14-24(15-17-27)22-36(29(37)13-7-10-23-8-3-1-4-9-23)28-20-18-26(19-21-28)25-11-5-2-6-12-25/h1,3-4,8-9,14-21,25,33H,2,5-7,10-13,22H2,(H2,32,34,38). The number of hydrogen-bond donors (Lipinski definition) is 2. The highest BCUT2D eigenvalue weighted by atomic mass is 16.2. The molecule has 0 radical (unpaired) electrons. The van der Waals surface area contributed by atoms with E-state index in [-0.39, 0.29) is 11.9 Å². The van der Waals surface area contributed by atoms with Gasteiger partial charge in [-0.05, 0) is 72.6 Å². The molecule has 1 saturated carbocycles. The number of guanidine groups is 1. The number of nitrogens with one attached hydrogen (secondary N) is 1. The fourth-order valence-corrected chi connectivity index (χ4v) is 5.04. The van der Waals surface area contributed by atoms with E-state index in [0.29, 0.717) is 24.4 Å². The highest BCUT2D eigenvalue weighted by Crippen LogP contribution is 2.33. The topological polar surface area (TPSA) is 112 Å². The van der Waals surface area contributed by atoms with Crippen LogP contribution in [0.3, 0.4) is 0 Å². The highest BCUT2D eigenvalue weighted by Gasteiger charge is 2.19. The van der Waals surface area contributed by atoms with Crippen molar-refractivity contribution in [3.63, 3.8) is 0 Å². The minimum absolute atomic E-state index is 0.0703. The smallest absolute Gasteiger partial charge is 0.280 e. The maximum atomic E-state index is 13.5. The Hall–Kier alpha value is -4.13. The molecule has 0 heterocycles. The first-order chi connectivity index (χ1) is 18.5. The van der Waals surface area contributed by atoms with Gasteiger partial charge in [-0.1, -0.05) is 73.9 Å². The fourth-order valence-electron chi connectivity index (χ4n) is 5.04. The number of nitrogens with two attached hydrogens (primary N) is 1. The van der Waals surface area contributed by atoms with Gasteiger partial charge in [0.2, 0.25) is 11.9 Å². The summed E-state index contributed by atoms with van der Waals surface area (Å²) in [4.78, 5) is 31.1. The van der Waals surface area contributed by atoms with E-state index in [1.54, 1.807) is 12.1 Å². The minimum Gasteiger partial charge on any atom is -0.366 e. The SMILES string of the molecule is N=NC(N)=NC(=O)c1ccc(CN(C(=O)CCCc2ccccc2)c2ccc(C3CCCCC3)cc2)cc1. The predicted octanol–water partition coefficient (Wildman–Crippen LogP) is 6.78. The average Bonchev–Trinajstić information content (AvgIpc) is 2.97. The second kappa shape index (κ2) is 13.4. The van der Waals surface area contributed by atoms with Crippen molar-refractivity contribution in [1.82, 2.24) is 0 Å². The van der Waals surface area contributed by atoms with E-state index in [1.165, 1.54) is 43.2 Å². The Kier molecular flexibility index (Phi) is 9.51. The molecule has 4 rings (SSSR count). The van der Waals surface area contributed by atoms with Crippen molar-refractivity contribution >= 4 is 23.5 Å². The molecule has 1 aliphatic carbocycles. The lowest BCUT2D eigenvalue weighted by molar-refractivity contribution is -0.118. The van der Waals surface area contributed by atoms with Crippen LogP contribution in [-0.4, -0.2) is 17.8 Å². The molecule has 0 spiro atoms. The lowest BCUT2D eigenvalue weighted by Gasteiger charge is -2.25. The number of aryl methyl sites for hydroxylation is 1. The lowest BCUT2D eigenvalue weighted by Crippen LogP contribution is -2.30. The molecule has 0 atom stereocenters. The van der Waals surface area contributed by atoms with Crippen molar-refractivity contribution in [1.29, 1.82) is 5.53 Å². The van der Waals surface area contributed by atoms with Crippen molar-refractivity contribution < 1.29 is 9.59 Å². The third-order valence-corrected chi connectivity index (χ3v) is 7.15. The van der Waals surface area contributed by atoms with Crippen LogP contribution in [0.5, 0.6) is 0 Å². The molecule has 2 amide bonds. The monoisotopic (exact) mass is 509 g/mol. The van der Waals surface area contributed by atoms with Crippen LogP contribution in [0, 0.1) is 5.53 Å². The highest BCUT2D eigenvalue weighted by molar-refractivity contribution is 6.02. The van der Waals surface area contributed by atoms with E-state index in [0.717, 1.165) is 24.1 Å². The number of aliphatic imine (C=N–C) groups is 1. The van der Waals surface area contributed by atoms with E-state index in [9.17, 15) is 9.59 Å². The zero-order valence-electron chi connectivity index (χ0n) is 21.7. The van der Waals surface area contributed by atoms with Crippen LogP contribution in [0.4, 0.5) is 5.69 Å². The number of carbonyl (C=O) groups excluding carboxylic acids is 2. The van der Waals surface area contributed by atoms with Gasteiger partial charge < -0.3 is 10.6 Å². The van der Waals surface area contributed by atoms with Crippen molar-refractivity contribution in [2.75, 3.05) is 4.90 Å². The van der Waals surface area contributed by atoms with Gasteiger partial charge >= 0.3 is 0 Å². The normalized spacial score (nSPS) is 14.2. The molecule has 0 bridgehead atoms. The van der Waals surface area contributed by atoms with Crippen LogP contribution in [0.25, 0.3) is 0 Å². The van der Waals surface area contributed by atoms with Gasteiger partial charge in [0.05, 0.1) is 6.54 Å². The van der Waals surface area contributed by atoms with Crippen LogP contribution < -0.4 is 10.6 Å². The van der Waals surface area contributed by atoms with Crippen LogP contribution in [-0.2, 0) is 17.8 Å². The molecule has 1 fully saturated rings. The zero-order chi connectivity index (χ0) is 26.7. The number of carbonyl (C=O) groups is 2. The molecule has 0 saturated heterocycles. The first-order valence-corrected chi connectivity index (χ1v) is 13.3. The lowest BCUT2D eigenvalue weighted by atomic mass is 9.84. The molecular formula is C31H35N5O2. The maximum Gasteiger partial charge on any atom is 0.280 e. The van der Waals surface area contributed by atoms with Gasteiger partial charge in [0.15, 0.2) is 0 Å². The number of nitrogens with zero attached hydrogens (tertiary/aromatic N) is 3. The first-order valence-electron chi connectivity index (χ1n) is 13.3. The second-order valence-electron chi connectivity index (χ2n) is 9.83. The van der Waals surface area contributed by atoms with E-state index < -0.39 is 5.91 Å². The number of amides is 2. The number of hydrogen-bond acceptors (Lipinski definition) is 3. The van der Waals surface area contributed by atoms with Crippen LogP contribution in [0.15, 0.2) is 89.0 Å². The van der Waals surface area contributed by atoms with Crippen molar-refractivity contribution in [2.24, 2.45) is 15.8 Å². The van der Waals surface area contributed by atoms with E-state index in [4.69, 9.17) is 11.3 Å². The Bertz CT molecular complexity index is 1250. The van der Waals surface area contributed by atoms with E-state index in [1.807, 2.05) is 35.2 Å². The van der Waals surface area contributed by atoms with Gasteiger partial charge in [-0.2, -0.15) is 4.99 Å². The zero-order valence-corrected chi connectivity index (χ0v) is 21.7. The van der Waals surface area contributed by atoms with E-state index in [2.05, 4.69) is 46.5 Å². The van der Waals surface area contributed by atoms with Crippen LogP contribution in [0.1, 0.15) is 77.9 Å². The summed E-state index contributed by atoms with van der Waals surface area (Å²) in [5, 5.41) is 2.96.